The first-order valence-electron chi connectivity index (χ1n) is 5.76. The van der Waals surface area contributed by atoms with E-state index < -0.39 is 4.92 Å². The van der Waals surface area contributed by atoms with Crippen LogP contribution in [0.3, 0.4) is 0 Å². The highest BCUT2D eigenvalue weighted by Crippen LogP contribution is 2.34. The smallest absolute Gasteiger partial charge is 0.283 e. The molecule has 1 N–H and O–H groups in total. The van der Waals surface area contributed by atoms with Gasteiger partial charge in [0.1, 0.15) is 0 Å². The Morgan fingerprint density at radius 3 is 2.95 bits per heavy atom. The summed E-state index contributed by atoms with van der Waals surface area (Å²) in [4.78, 5) is 15.9. The molecule has 0 bridgehead atoms. The van der Waals surface area contributed by atoms with E-state index in [2.05, 4.69) is 15.5 Å². The molecule has 8 heteroatoms. The fourth-order valence-electron chi connectivity index (χ4n) is 1.57. The van der Waals surface area contributed by atoms with Crippen LogP contribution in [0.4, 0.5) is 5.69 Å². The number of rotatable bonds is 5. The lowest BCUT2D eigenvalue weighted by atomic mass is 10.2. The summed E-state index contributed by atoms with van der Waals surface area (Å²) in [5.74, 6) is 0.921. The zero-order valence-corrected chi connectivity index (χ0v) is 11.7. The van der Waals surface area contributed by atoms with Crippen molar-refractivity contribution >= 4 is 17.0 Å². The van der Waals surface area contributed by atoms with Crippen molar-refractivity contribution in [3.05, 3.63) is 26.9 Å². The van der Waals surface area contributed by atoms with Gasteiger partial charge in [-0.15, -0.1) is 11.3 Å². The lowest BCUT2D eigenvalue weighted by Crippen LogP contribution is -2.24. The van der Waals surface area contributed by atoms with Crippen molar-refractivity contribution in [1.29, 1.82) is 0 Å². The summed E-state index contributed by atoms with van der Waals surface area (Å²) in [6, 6.07) is 1.71. The molecule has 7 nitrogen and oxygen atoms in total. The van der Waals surface area contributed by atoms with Gasteiger partial charge in [-0.2, -0.15) is 4.98 Å². The quantitative estimate of drug-likeness (QED) is 0.667. The molecule has 1 unspecified atom stereocenters. The number of hydrogen-bond acceptors (Lipinski definition) is 7. The zero-order valence-electron chi connectivity index (χ0n) is 10.8. The number of hydrogen-bond donors (Lipinski definition) is 1. The number of likely N-dealkylation sites (N-methyl/N-ethyl adjacent to an activating group) is 1. The van der Waals surface area contributed by atoms with Crippen molar-refractivity contribution < 1.29 is 9.45 Å². The molecule has 1 atom stereocenters. The molecular weight excluding hydrogens is 268 g/mol. The van der Waals surface area contributed by atoms with Crippen LogP contribution in [0, 0.1) is 17.0 Å². The maximum Gasteiger partial charge on any atom is 0.283 e. The van der Waals surface area contributed by atoms with E-state index in [1.54, 1.807) is 6.92 Å². The first-order chi connectivity index (χ1) is 9.01. The van der Waals surface area contributed by atoms with E-state index in [-0.39, 0.29) is 11.7 Å². The Kier molecular flexibility index (Phi) is 3.91. The predicted octanol–water partition coefficient (Wildman–Crippen LogP) is 2.17. The lowest BCUT2D eigenvalue weighted by Gasteiger charge is -2.04. The second-order valence-corrected chi connectivity index (χ2v) is 5.48. The van der Waals surface area contributed by atoms with Crippen molar-refractivity contribution in [2.24, 2.45) is 0 Å². The van der Waals surface area contributed by atoms with E-state index in [9.17, 15) is 10.1 Å². The average molecular weight is 282 g/mol. The van der Waals surface area contributed by atoms with E-state index in [0.717, 1.165) is 0 Å². The largest absolute Gasteiger partial charge is 0.333 e. The van der Waals surface area contributed by atoms with Gasteiger partial charge in [0.25, 0.3) is 11.6 Å². The van der Waals surface area contributed by atoms with Gasteiger partial charge in [-0.1, -0.05) is 5.16 Å². The monoisotopic (exact) mass is 282 g/mol. The number of thiophene rings is 1. The van der Waals surface area contributed by atoms with E-state index in [1.807, 2.05) is 14.0 Å². The fourth-order valence-corrected chi connectivity index (χ4v) is 2.48. The van der Waals surface area contributed by atoms with Crippen LogP contribution in [0.1, 0.15) is 17.6 Å². The summed E-state index contributed by atoms with van der Waals surface area (Å²) >= 11 is 1.28. The van der Waals surface area contributed by atoms with Crippen molar-refractivity contribution in [1.82, 2.24) is 15.5 Å². The second-order valence-electron chi connectivity index (χ2n) is 4.22. The first kappa shape index (κ1) is 13.6. The van der Waals surface area contributed by atoms with Crippen LogP contribution in [0.25, 0.3) is 10.8 Å². The molecule has 0 aliphatic rings. The van der Waals surface area contributed by atoms with Gasteiger partial charge < -0.3 is 9.84 Å². The highest BCUT2D eigenvalue weighted by atomic mass is 32.1. The Morgan fingerprint density at radius 1 is 1.63 bits per heavy atom. The third kappa shape index (κ3) is 2.96. The standard InChI is InChI=1S/C11H14N4O3S/c1-6(12-3)4-10-13-11(18-14-10)9-5-8(15(16)17)7(2)19-9/h5-6,12H,4H2,1-3H3. The Balaban J connectivity index is 2.23. The van der Waals surface area contributed by atoms with Gasteiger partial charge in [0.15, 0.2) is 5.82 Å². The summed E-state index contributed by atoms with van der Waals surface area (Å²) in [5, 5.41) is 17.8. The third-order valence-electron chi connectivity index (χ3n) is 2.75. The fraction of sp³-hybridized carbons (Fsp3) is 0.455. The number of nitro groups is 1. The molecule has 2 rings (SSSR count). The van der Waals surface area contributed by atoms with E-state index in [0.29, 0.717) is 27.9 Å². The molecule has 0 aromatic carbocycles. The van der Waals surface area contributed by atoms with Gasteiger partial charge in [-0.05, 0) is 20.9 Å². The highest BCUT2D eigenvalue weighted by Gasteiger charge is 2.20. The topological polar surface area (TPSA) is 94.1 Å². The number of aryl methyl sites for hydroxylation is 1. The molecule has 0 amide bonds. The number of aromatic nitrogens is 2. The van der Waals surface area contributed by atoms with E-state index in [4.69, 9.17) is 4.52 Å². The van der Waals surface area contributed by atoms with Crippen LogP contribution in [-0.4, -0.2) is 28.2 Å². The molecule has 2 aromatic heterocycles. The van der Waals surface area contributed by atoms with Gasteiger partial charge in [-0.3, -0.25) is 10.1 Å². The minimum Gasteiger partial charge on any atom is -0.333 e. The summed E-state index contributed by atoms with van der Waals surface area (Å²) in [6.45, 7) is 3.71. The van der Waals surface area contributed by atoms with Crippen LogP contribution in [0.2, 0.25) is 0 Å². The molecule has 0 aliphatic carbocycles. The minimum absolute atomic E-state index is 0.0864. The van der Waals surface area contributed by atoms with E-state index in [1.165, 1.54) is 17.4 Å². The van der Waals surface area contributed by atoms with Crippen LogP contribution < -0.4 is 5.32 Å². The molecule has 0 fully saturated rings. The van der Waals surface area contributed by atoms with Gasteiger partial charge in [0.05, 0.1) is 14.7 Å². The molecular formula is C11H14N4O3S. The Labute approximate surface area is 113 Å². The molecule has 0 spiro atoms. The van der Waals surface area contributed by atoms with Crippen molar-refractivity contribution in [2.75, 3.05) is 7.05 Å². The predicted molar refractivity (Wildman–Crippen MR) is 71.2 cm³/mol. The molecule has 0 saturated carbocycles. The van der Waals surface area contributed by atoms with Gasteiger partial charge in [0.2, 0.25) is 0 Å². The van der Waals surface area contributed by atoms with Crippen molar-refractivity contribution in [2.45, 2.75) is 26.3 Å². The molecule has 2 heterocycles. The van der Waals surface area contributed by atoms with Gasteiger partial charge in [-0.25, -0.2) is 0 Å². The van der Waals surface area contributed by atoms with E-state index >= 15 is 0 Å². The Morgan fingerprint density at radius 2 is 2.37 bits per heavy atom. The summed E-state index contributed by atoms with van der Waals surface area (Å²) in [7, 11) is 1.86. The number of nitrogens with zero attached hydrogens (tertiary/aromatic N) is 3. The van der Waals surface area contributed by atoms with Crippen LogP contribution in [-0.2, 0) is 6.42 Å². The Hall–Kier alpha value is -1.80. The molecule has 0 aliphatic heterocycles. The molecule has 102 valence electrons. The maximum absolute atomic E-state index is 10.8. The normalized spacial score (nSPS) is 12.6. The second kappa shape index (κ2) is 5.45. The first-order valence-corrected chi connectivity index (χ1v) is 6.58. The molecule has 0 radical (unpaired) electrons. The zero-order chi connectivity index (χ0) is 14.0. The van der Waals surface area contributed by atoms with Gasteiger partial charge >= 0.3 is 0 Å². The third-order valence-corrected chi connectivity index (χ3v) is 3.78. The summed E-state index contributed by atoms with van der Waals surface area (Å²) in [6.07, 6.45) is 0.645. The lowest BCUT2D eigenvalue weighted by molar-refractivity contribution is -0.385. The average Bonchev–Trinajstić information content (AvgIpc) is 2.95. The SMILES string of the molecule is CNC(C)Cc1noc(-c2cc([N+](=O)[O-])c(C)s2)n1. The molecule has 2 aromatic rings. The highest BCUT2D eigenvalue weighted by molar-refractivity contribution is 7.15. The summed E-state index contributed by atoms with van der Waals surface area (Å²) < 4.78 is 5.14. The Bertz CT molecular complexity index is 593. The van der Waals surface area contributed by atoms with Crippen molar-refractivity contribution in [3.8, 4) is 10.8 Å². The number of nitrogens with one attached hydrogen (secondary N) is 1. The van der Waals surface area contributed by atoms with Crippen molar-refractivity contribution in [3.63, 3.8) is 0 Å². The minimum atomic E-state index is -0.407. The molecule has 19 heavy (non-hydrogen) atoms. The van der Waals surface area contributed by atoms with Crippen LogP contribution in [0.5, 0.6) is 0 Å². The van der Waals surface area contributed by atoms with Crippen LogP contribution in [0.15, 0.2) is 10.6 Å². The molecule has 0 saturated heterocycles. The summed E-state index contributed by atoms with van der Waals surface area (Å²) in [5.41, 5.74) is 0.0864. The van der Waals surface area contributed by atoms with Gasteiger partial charge in [0, 0.05) is 18.5 Å². The maximum atomic E-state index is 10.8. The van der Waals surface area contributed by atoms with Crippen LogP contribution >= 0.6 is 11.3 Å².